The van der Waals surface area contributed by atoms with Crippen molar-refractivity contribution in [3.05, 3.63) is 36.8 Å². The molecule has 0 radical (unpaired) electrons. The second-order valence-corrected chi connectivity index (χ2v) is 5.70. The van der Waals surface area contributed by atoms with Crippen molar-refractivity contribution in [1.82, 2.24) is 19.5 Å². The largest absolute Gasteiger partial charge is 0.493 e. The van der Waals surface area contributed by atoms with Gasteiger partial charge in [-0.25, -0.2) is 9.97 Å². The fourth-order valence-electron chi connectivity index (χ4n) is 2.99. The molecule has 0 aliphatic rings. The first-order chi connectivity index (χ1) is 12.1. The molecule has 0 aliphatic heterocycles. The van der Waals surface area contributed by atoms with E-state index in [0.717, 1.165) is 27.5 Å². The van der Waals surface area contributed by atoms with Gasteiger partial charge in [0.15, 0.2) is 17.3 Å². The van der Waals surface area contributed by atoms with Crippen LogP contribution in [0, 0.1) is 0 Å². The van der Waals surface area contributed by atoms with Crippen molar-refractivity contribution in [1.29, 1.82) is 0 Å². The first kappa shape index (κ1) is 15.2. The van der Waals surface area contributed by atoms with E-state index in [9.17, 15) is 0 Å². The fraction of sp³-hybridized carbons (Fsp3) is 0.167. The summed E-state index contributed by atoms with van der Waals surface area (Å²) in [5.41, 5.74) is 7.69. The lowest BCUT2D eigenvalue weighted by Crippen LogP contribution is -1.99. The molecule has 0 bridgehead atoms. The molecule has 0 saturated heterocycles. The molecule has 3 aromatic heterocycles. The predicted octanol–water partition coefficient (Wildman–Crippen LogP) is 2.78. The molecular weight excluding hydrogens is 318 g/mol. The van der Waals surface area contributed by atoms with Crippen molar-refractivity contribution in [2.24, 2.45) is 7.05 Å². The Kier molecular flexibility index (Phi) is 3.42. The van der Waals surface area contributed by atoms with Crippen LogP contribution < -0.4 is 15.2 Å². The van der Waals surface area contributed by atoms with E-state index in [1.807, 2.05) is 36.0 Å². The van der Waals surface area contributed by atoms with Gasteiger partial charge >= 0.3 is 0 Å². The number of anilines is 1. The number of imidazole rings is 1. The van der Waals surface area contributed by atoms with Crippen LogP contribution in [-0.2, 0) is 7.05 Å². The van der Waals surface area contributed by atoms with Gasteiger partial charge in [-0.15, -0.1) is 0 Å². The van der Waals surface area contributed by atoms with Crippen LogP contribution in [0.2, 0.25) is 0 Å². The predicted molar refractivity (Wildman–Crippen MR) is 96.8 cm³/mol. The Morgan fingerprint density at radius 1 is 0.960 bits per heavy atom. The van der Waals surface area contributed by atoms with Gasteiger partial charge in [0.2, 0.25) is 0 Å². The van der Waals surface area contributed by atoms with Gasteiger partial charge in [-0.05, 0) is 17.5 Å². The zero-order chi connectivity index (χ0) is 17.6. The van der Waals surface area contributed by atoms with Gasteiger partial charge in [0.05, 0.1) is 19.7 Å². The molecule has 0 fully saturated rings. The van der Waals surface area contributed by atoms with E-state index in [1.54, 1.807) is 26.6 Å². The van der Waals surface area contributed by atoms with E-state index in [1.165, 1.54) is 0 Å². The number of fused-ring (bicyclic) bond motifs is 3. The van der Waals surface area contributed by atoms with Crippen molar-refractivity contribution in [2.45, 2.75) is 0 Å². The molecule has 0 saturated carbocycles. The van der Waals surface area contributed by atoms with Crippen LogP contribution in [0.1, 0.15) is 0 Å². The summed E-state index contributed by atoms with van der Waals surface area (Å²) in [4.78, 5) is 13.3. The van der Waals surface area contributed by atoms with Crippen LogP contribution in [0.3, 0.4) is 0 Å². The van der Waals surface area contributed by atoms with Gasteiger partial charge in [-0.1, -0.05) is 0 Å². The lowest BCUT2D eigenvalue weighted by molar-refractivity contribution is 0.356. The molecule has 126 valence electrons. The van der Waals surface area contributed by atoms with Crippen LogP contribution >= 0.6 is 0 Å². The van der Waals surface area contributed by atoms with E-state index >= 15 is 0 Å². The molecule has 0 aliphatic carbocycles. The van der Waals surface area contributed by atoms with Crippen molar-refractivity contribution < 1.29 is 9.47 Å². The van der Waals surface area contributed by atoms with Crippen molar-refractivity contribution in [3.8, 4) is 23.0 Å². The average molecular weight is 335 g/mol. The minimum Gasteiger partial charge on any atom is -0.493 e. The van der Waals surface area contributed by atoms with E-state index in [-0.39, 0.29) is 0 Å². The lowest BCUT2D eigenvalue weighted by atomic mass is 10.1. The number of hydrogen-bond donors (Lipinski definition) is 1. The molecule has 25 heavy (non-hydrogen) atoms. The van der Waals surface area contributed by atoms with Crippen molar-refractivity contribution in [2.75, 3.05) is 20.0 Å². The average Bonchev–Trinajstić information content (AvgIpc) is 3.06. The maximum atomic E-state index is 6.19. The second kappa shape index (κ2) is 5.62. The highest BCUT2D eigenvalue weighted by Crippen LogP contribution is 2.36. The third-order valence-corrected chi connectivity index (χ3v) is 4.26. The lowest BCUT2D eigenvalue weighted by Gasteiger charge is -2.12. The molecule has 7 nitrogen and oxygen atoms in total. The van der Waals surface area contributed by atoms with Gasteiger partial charge in [-0.2, -0.15) is 0 Å². The SMILES string of the molecule is COc1cc2ncc3c(N)nc(-c4nccn4C)cc3c2cc1OC. The van der Waals surface area contributed by atoms with Gasteiger partial charge in [-0.3, -0.25) is 4.98 Å². The van der Waals surface area contributed by atoms with E-state index in [4.69, 9.17) is 15.2 Å². The number of pyridine rings is 2. The summed E-state index contributed by atoms with van der Waals surface area (Å²) < 4.78 is 12.7. The third kappa shape index (κ3) is 2.32. The number of ether oxygens (including phenoxy) is 2. The zero-order valence-electron chi connectivity index (χ0n) is 14.1. The van der Waals surface area contributed by atoms with Gasteiger partial charge in [0, 0.05) is 42.5 Å². The Morgan fingerprint density at radius 2 is 1.72 bits per heavy atom. The summed E-state index contributed by atoms with van der Waals surface area (Å²) >= 11 is 0. The number of nitrogen functional groups attached to an aromatic ring is 1. The Hall–Kier alpha value is -3.35. The number of nitrogens with zero attached hydrogens (tertiary/aromatic N) is 4. The standard InChI is InChI=1S/C18H17N5O2/c1-23-5-4-20-18(23)14-6-10-11-7-15(24-2)16(25-3)8-13(11)21-9-12(10)17(19)22-14/h4-9H,1-3H3,(H2,19,22). The Morgan fingerprint density at radius 3 is 2.40 bits per heavy atom. The summed E-state index contributed by atoms with van der Waals surface area (Å²) in [7, 11) is 5.13. The van der Waals surface area contributed by atoms with E-state index in [0.29, 0.717) is 23.0 Å². The Labute approximate surface area is 144 Å². The topological polar surface area (TPSA) is 88.1 Å². The highest BCUT2D eigenvalue weighted by molar-refractivity contribution is 6.10. The number of aryl methyl sites for hydroxylation is 1. The third-order valence-electron chi connectivity index (χ3n) is 4.26. The molecule has 7 heteroatoms. The number of nitrogens with two attached hydrogens (primary N) is 1. The first-order valence-corrected chi connectivity index (χ1v) is 7.71. The van der Waals surface area contributed by atoms with Gasteiger partial charge in [0.25, 0.3) is 0 Å². The highest BCUT2D eigenvalue weighted by Gasteiger charge is 2.14. The molecule has 0 unspecified atom stereocenters. The van der Waals surface area contributed by atoms with Crippen LogP contribution in [0.4, 0.5) is 5.82 Å². The molecule has 0 atom stereocenters. The zero-order valence-corrected chi connectivity index (χ0v) is 14.1. The molecule has 4 aromatic rings. The van der Waals surface area contributed by atoms with Crippen molar-refractivity contribution in [3.63, 3.8) is 0 Å². The number of benzene rings is 1. The number of methoxy groups -OCH3 is 2. The van der Waals surface area contributed by atoms with Crippen molar-refractivity contribution >= 4 is 27.5 Å². The summed E-state index contributed by atoms with van der Waals surface area (Å²) in [5, 5.41) is 2.65. The number of rotatable bonds is 3. The molecule has 2 N–H and O–H groups in total. The first-order valence-electron chi connectivity index (χ1n) is 7.71. The number of aromatic nitrogens is 4. The minimum absolute atomic E-state index is 0.416. The monoisotopic (exact) mass is 335 g/mol. The molecule has 4 rings (SSSR count). The number of hydrogen-bond acceptors (Lipinski definition) is 6. The second-order valence-electron chi connectivity index (χ2n) is 5.70. The smallest absolute Gasteiger partial charge is 0.162 e. The molecular formula is C18H17N5O2. The molecule has 1 aromatic carbocycles. The quantitative estimate of drug-likeness (QED) is 0.579. The van der Waals surface area contributed by atoms with Gasteiger partial charge < -0.3 is 19.8 Å². The highest BCUT2D eigenvalue weighted by atomic mass is 16.5. The molecule has 3 heterocycles. The normalized spacial score (nSPS) is 11.2. The molecule has 0 spiro atoms. The van der Waals surface area contributed by atoms with Crippen LogP contribution in [0.25, 0.3) is 33.2 Å². The Bertz CT molecular complexity index is 1100. The summed E-state index contributed by atoms with van der Waals surface area (Å²) in [6.45, 7) is 0. The maximum Gasteiger partial charge on any atom is 0.162 e. The maximum absolute atomic E-state index is 6.19. The van der Waals surface area contributed by atoms with Gasteiger partial charge in [0.1, 0.15) is 11.5 Å². The minimum atomic E-state index is 0.416. The summed E-state index contributed by atoms with van der Waals surface area (Å²) in [6.07, 6.45) is 5.33. The van der Waals surface area contributed by atoms with E-state index < -0.39 is 0 Å². The Balaban J connectivity index is 2.08. The van der Waals surface area contributed by atoms with Crippen LogP contribution in [-0.4, -0.2) is 33.7 Å². The van der Waals surface area contributed by atoms with E-state index in [2.05, 4.69) is 15.0 Å². The summed E-state index contributed by atoms with van der Waals surface area (Å²) in [5.74, 6) is 2.44. The summed E-state index contributed by atoms with van der Waals surface area (Å²) in [6, 6.07) is 5.74. The fourth-order valence-corrected chi connectivity index (χ4v) is 2.99. The molecule has 0 amide bonds. The van der Waals surface area contributed by atoms with Crippen LogP contribution in [0.15, 0.2) is 36.8 Å². The van der Waals surface area contributed by atoms with Crippen LogP contribution in [0.5, 0.6) is 11.5 Å².